The van der Waals surface area contributed by atoms with Crippen LogP contribution < -0.4 is 5.32 Å². The highest BCUT2D eigenvalue weighted by atomic mass is 32.2. The number of sulfonamides is 1. The average molecular weight is 314 g/mol. The van der Waals surface area contributed by atoms with Crippen molar-refractivity contribution in [2.24, 2.45) is 0 Å². The fourth-order valence-electron chi connectivity index (χ4n) is 2.14. The summed E-state index contributed by atoms with van der Waals surface area (Å²) < 4.78 is 26.1. The Hall–Kier alpha value is -2.07. The Morgan fingerprint density at radius 1 is 1.52 bits per heavy atom. The van der Waals surface area contributed by atoms with Crippen LogP contribution in [0.3, 0.4) is 0 Å². The molecule has 1 N–H and O–H groups in total. The molecule has 1 fully saturated rings. The van der Waals surface area contributed by atoms with Crippen LogP contribution in [0.2, 0.25) is 0 Å². The predicted molar refractivity (Wildman–Crippen MR) is 71.9 cm³/mol. The maximum absolute atomic E-state index is 12.5. The van der Waals surface area contributed by atoms with E-state index in [-0.39, 0.29) is 23.9 Å². The Morgan fingerprint density at radius 2 is 2.24 bits per heavy atom. The van der Waals surface area contributed by atoms with Gasteiger partial charge in [-0.2, -0.15) is 4.31 Å². The van der Waals surface area contributed by atoms with E-state index in [1.165, 1.54) is 0 Å². The van der Waals surface area contributed by atoms with Crippen LogP contribution in [0.5, 0.6) is 0 Å². The summed E-state index contributed by atoms with van der Waals surface area (Å²) >= 11 is 0. The fourth-order valence-corrected chi connectivity index (χ4v) is 3.75. The van der Waals surface area contributed by atoms with Crippen LogP contribution in [0.1, 0.15) is 13.3 Å². The van der Waals surface area contributed by atoms with Gasteiger partial charge in [0.05, 0.1) is 0 Å². The van der Waals surface area contributed by atoms with Crippen LogP contribution in [0.15, 0.2) is 23.2 Å². The van der Waals surface area contributed by atoms with Crippen molar-refractivity contribution in [3.8, 4) is 0 Å². The first kappa shape index (κ1) is 15.3. The number of nitrogens with zero attached hydrogens (tertiary/aromatic N) is 3. The molecule has 9 nitrogen and oxygen atoms in total. The van der Waals surface area contributed by atoms with Crippen LogP contribution in [0, 0.1) is 10.1 Å². The van der Waals surface area contributed by atoms with Gasteiger partial charge in [-0.3, -0.25) is 4.79 Å². The highest BCUT2D eigenvalue weighted by molar-refractivity contribution is 7.89. The number of rotatable bonds is 4. The quantitative estimate of drug-likeness (QED) is 0.611. The lowest BCUT2D eigenvalue weighted by Crippen LogP contribution is -2.56. The minimum Gasteiger partial charge on any atom is -0.358 e. The van der Waals surface area contributed by atoms with E-state index in [1.54, 1.807) is 6.92 Å². The molecule has 1 unspecified atom stereocenters. The summed E-state index contributed by atoms with van der Waals surface area (Å²) in [5, 5.41) is 13.1. The average Bonchev–Trinajstić information content (AvgIpc) is 2.47. The first-order chi connectivity index (χ1) is 9.87. The molecule has 0 radical (unpaired) electrons. The van der Waals surface area contributed by atoms with Gasteiger partial charge in [0.15, 0.2) is 6.20 Å². The third-order valence-electron chi connectivity index (χ3n) is 3.18. The molecule has 0 bridgehead atoms. The number of piperazine rings is 1. The number of hydrogen-bond acceptors (Lipinski definition) is 6. The van der Waals surface area contributed by atoms with Gasteiger partial charge in [-0.25, -0.2) is 8.42 Å². The van der Waals surface area contributed by atoms with Crippen molar-refractivity contribution in [3.05, 3.63) is 28.4 Å². The van der Waals surface area contributed by atoms with Crippen LogP contribution in [0.25, 0.3) is 0 Å². The number of pyridine rings is 1. The van der Waals surface area contributed by atoms with Gasteiger partial charge in [-0.05, 0) is 22.4 Å². The van der Waals surface area contributed by atoms with E-state index >= 15 is 0 Å². The van der Waals surface area contributed by atoms with E-state index in [2.05, 4.69) is 10.3 Å². The molecule has 10 heteroatoms. The van der Waals surface area contributed by atoms with Crippen molar-refractivity contribution < 1.29 is 18.1 Å². The second kappa shape index (κ2) is 5.74. The summed E-state index contributed by atoms with van der Waals surface area (Å²) in [5.74, 6) is -0.778. The van der Waals surface area contributed by atoms with Gasteiger partial charge in [-0.15, -0.1) is 0 Å². The molecule has 1 saturated heterocycles. The Balaban J connectivity index is 2.36. The zero-order chi connectivity index (χ0) is 15.6. The molecule has 0 spiro atoms. The van der Waals surface area contributed by atoms with E-state index in [0.717, 1.165) is 22.6 Å². The van der Waals surface area contributed by atoms with Crippen LogP contribution in [0.4, 0.5) is 5.82 Å². The van der Waals surface area contributed by atoms with E-state index in [0.29, 0.717) is 6.42 Å². The van der Waals surface area contributed by atoms with Gasteiger partial charge in [0.25, 0.3) is 0 Å². The molecule has 114 valence electrons. The van der Waals surface area contributed by atoms with Gasteiger partial charge >= 0.3 is 5.82 Å². The van der Waals surface area contributed by atoms with E-state index < -0.39 is 26.8 Å². The fraction of sp³-hybridized carbons (Fsp3) is 0.455. The molecule has 2 rings (SSSR count). The Bertz CT molecular complexity index is 658. The van der Waals surface area contributed by atoms with E-state index in [1.807, 2.05) is 0 Å². The topological polar surface area (TPSA) is 123 Å². The molecule has 21 heavy (non-hydrogen) atoms. The zero-order valence-corrected chi connectivity index (χ0v) is 12.0. The lowest BCUT2D eigenvalue weighted by atomic mass is 10.2. The van der Waals surface area contributed by atoms with Gasteiger partial charge in [0, 0.05) is 19.2 Å². The molecule has 0 saturated carbocycles. The van der Waals surface area contributed by atoms with Crippen molar-refractivity contribution in [2.75, 3.05) is 13.1 Å². The third kappa shape index (κ3) is 2.85. The normalized spacial score (nSPS) is 20.0. The van der Waals surface area contributed by atoms with Crippen molar-refractivity contribution in [1.29, 1.82) is 0 Å². The highest BCUT2D eigenvalue weighted by Gasteiger charge is 2.37. The first-order valence-corrected chi connectivity index (χ1v) is 7.72. The summed E-state index contributed by atoms with van der Waals surface area (Å²) in [6.07, 6.45) is 1.28. The van der Waals surface area contributed by atoms with Crippen LogP contribution in [-0.4, -0.2) is 47.7 Å². The molecule has 1 aliphatic rings. The summed E-state index contributed by atoms with van der Waals surface area (Å²) in [7, 11) is -3.91. The largest absolute Gasteiger partial charge is 0.363 e. The minimum absolute atomic E-state index is 0.156. The maximum Gasteiger partial charge on any atom is 0.363 e. The smallest absolute Gasteiger partial charge is 0.358 e. The Labute approximate surface area is 121 Å². The number of carbonyl (C=O) groups is 1. The minimum atomic E-state index is -3.91. The number of nitro groups is 1. The van der Waals surface area contributed by atoms with Crippen molar-refractivity contribution in [2.45, 2.75) is 24.3 Å². The van der Waals surface area contributed by atoms with Gasteiger partial charge in [0.1, 0.15) is 10.9 Å². The standard InChI is InChI=1S/C11H14N4O5S/c1-2-9-11(16)12-5-6-14(9)21(19,20)8-3-4-10(13-7-8)15(17)18/h3-4,7,9H,2,5-6H2,1H3,(H,12,16). The molecule has 1 aromatic rings. The molecular formula is C11H14N4O5S. The maximum atomic E-state index is 12.5. The number of hydrogen-bond donors (Lipinski definition) is 1. The lowest BCUT2D eigenvalue weighted by Gasteiger charge is -2.33. The van der Waals surface area contributed by atoms with Gasteiger partial charge < -0.3 is 15.4 Å². The second-order valence-electron chi connectivity index (χ2n) is 4.44. The SMILES string of the molecule is CCC1C(=O)NCCN1S(=O)(=O)c1ccc([N+](=O)[O-])nc1. The molecule has 1 amide bonds. The Morgan fingerprint density at radius 3 is 2.76 bits per heavy atom. The molecular weight excluding hydrogens is 300 g/mol. The summed E-state index contributed by atoms with van der Waals surface area (Å²) in [4.78, 5) is 24.9. The molecule has 1 aromatic heterocycles. The van der Waals surface area contributed by atoms with Crippen molar-refractivity contribution in [1.82, 2.24) is 14.6 Å². The number of amides is 1. The first-order valence-electron chi connectivity index (χ1n) is 6.28. The number of carbonyl (C=O) groups excluding carboxylic acids is 1. The Kier molecular flexibility index (Phi) is 4.19. The molecule has 0 aliphatic carbocycles. The molecule has 1 aliphatic heterocycles. The number of aromatic nitrogens is 1. The second-order valence-corrected chi connectivity index (χ2v) is 6.33. The lowest BCUT2D eigenvalue weighted by molar-refractivity contribution is -0.389. The molecule has 1 atom stereocenters. The molecule has 0 aromatic carbocycles. The van der Waals surface area contributed by atoms with Gasteiger partial charge in [0.2, 0.25) is 15.9 Å². The van der Waals surface area contributed by atoms with E-state index in [9.17, 15) is 23.3 Å². The van der Waals surface area contributed by atoms with E-state index in [4.69, 9.17) is 0 Å². The summed E-state index contributed by atoms with van der Waals surface area (Å²) in [5.41, 5.74) is 0. The van der Waals surface area contributed by atoms with Crippen LogP contribution in [-0.2, 0) is 14.8 Å². The summed E-state index contributed by atoms with van der Waals surface area (Å²) in [6, 6.07) is 1.37. The zero-order valence-electron chi connectivity index (χ0n) is 11.2. The van der Waals surface area contributed by atoms with Crippen molar-refractivity contribution >= 4 is 21.7 Å². The monoisotopic (exact) mass is 314 g/mol. The number of nitrogens with one attached hydrogen (secondary N) is 1. The highest BCUT2D eigenvalue weighted by Crippen LogP contribution is 2.21. The van der Waals surface area contributed by atoms with Crippen LogP contribution >= 0.6 is 0 Å². The molecule has 2 heterocycles. The van der Waals surface area contributed by atoms with Gasteiger partial charge in [-0.1, -0.05) is 6.92 Å². The summed E-state index contributed by atoms with van der Waals surface area (Å²) in [6.45, 7) is 2.10. The predicted octanol–water partition coefficient (Wildman–Crippen LogP) is -0.111. The van der Waals surface area contributed by atoms with Crippen molar-refractivity contribution in [3.63, 3.8) is 0 Å². The third-order valence-corrected chi connectivity index (χ3v) is 5.07.